The number of nitrogens with zero attached hydrogens (tertiary/aromatic N) is 6. The number of anilines is 2. The number of methoxy groups -OCH3 is 1. The fourth-order valence-electron chi connectivity index (χ4n) is 5.10. The number of aromatic carboxylic acids is 1. The predicted octanol–water partition coefficient (Wildman–Crippen LogP) is 4.83. The van der Waals surface area contributed by atoms with Crippen molar-refractivity contribution in [3.63, 3.8) is 0 Å². The van der Waals surface area contributed by atoms with Gasteiger partial charge in [-0.1, -0.05) is 23.2 Å². The first-order chi connectivity index (χ1) is 20.2. The third-order valence-electron chi connectivity index (χ3n) is 7.59. The minimum absolute atomic E-state index is 0.281. The van der Waals surface area contributed by atoms with Crippen LogP contribution >= 0.6 is 23.2 Å². The lowest BCUT2D eigenvalue weighted by Gasteiger charge is -2.43. The molecule has 1 N–H and O–H groups in total. The molecular weight excluding hydrogens is 579 g/mol. The molecule has 4 aromatic rings. The smallest absolute Gasteiger partial charge is 0.341 e. The van der Waals surface area contributed by atoms with Gasteiger partial charge in [-0.3, -0.25) is 4.79 Å². The number of carboxylic acid groups (broad SMARTS) is 1. The van der Waals surface area contributed by atoms with Crippen molar-refractivity contribution in [3.05, 3.63) is 80.8 Å². The Morgan fingerprint density at radius 2 is 1.79 bits per heavy atom. The van der Waals surface area contributed by atoms with Crippen molar-refractivity contribution in [2.24, 2.45) is 0 Å². The van der Waals surface area contributed by atoms with Gasteiger partial charge in [0.2, 0.25) is 11.3 Å². The molecule has 6 rings (SSSR count). The van der Waals surface area contributed by atoms with Crippen LogP contribution in [-0.4, -0.2) is 83.9 Å². The number of likely N-dealkylation sites (N-methyl/N-ethyl adjacent to an activating group) is 1. The van der Waals surface area contributed by atoms with E-state index in [0.717, 1.165) is 50.5 Å². The molecule has 0 aliphatic carbocycles. The fraction of sp³-hybridized carbons (Fsp3) is 0.333. The largest absolute Gasteiger partial charge is 0.480 e. The molecule has 5 heterocycles. The van der Waals surface area contributed by atoms with E-state index in [1.807, 2.05) is 18.2 Å². The normalized spacial score (nSPS) is 15.0. The topological polar surface area (TPSA) is 104 Å². The quantitative estimate of drug-likeness (QED) is 0.328. The number of carbonyl (C=O) groups is 1. The highest BCUT2D eigenvalue weighted by molar-refractivity contribution is 6.34. The van der Waals surface area contributed by atoms with E-state index in [2.05, 4.69) is 38.8 Å². The van der Waals surface area contributed by atoms with E-state index in [1.54, 1.807) is 35.2 Å². The van der Waals surface area contributed by atoms with Crippen molar-refractivity contribution in [2.45, 2.75) is 18.9 Å². The maximum Gasteiger partial charge on any atom is 0.341 e. The van der Waals surface area contributed by atoms with Crippen LogP contribution < -0.4 is 20.0 Å². The molecule has 2 aliphatic rings. The van der Waals surface area contributed by atoms with Crippen LogP contribution in [0, 0.1) is 0 Å². The number of halogens is 2. The van der Waals surface area contributed by atoms with Gasteiger partial charge in [-0.2, -0.15) is 0 Å². The van der Waals surface area contributed by atoms with E-state index in [-0.39, 0.29) is 10.9 Å². The predicted molar refractivity (Wildman–Crippen MR) is 166 cm³/mol. The van der Waals surface area contributed by atoms with Crippen molar-refractivity contribution in [2.75, 3.05) is 57.2 Å². The molecule has 2 saturated heterocycles. The van der Waals surface area contributed by atoms with Crippen molar-refractivity contribution in [3.8, 4) is 11.6 Å². The van der Waals surface area contributed by atoms with Crippen molar-refractivity contribution in [1.29, 1.82) is 0 Å². The van der Waals surface area contributed by atoms with Crippen LogP contribution in [0.25, 0.3) is 16.6 Å². The zero-order chi connectivity index (χ0) is 30.0. The van der Waals surface area contributed by atoms with Gasteiger partial charge in [0, 0.05) is 50.0 Å². The molecule has 0 saturated carbocycles. The molecule has 10 nitrogen and oxygen atoms in total. The molecule has 12 heteroatoms. The average molecular weight is 612 g/mol. The minimum Gasteiger partial charge on any atom is -0.480 e. The van der Waals surface area contributed by atoms with E-state index < -0.39 is 11.4 Å². The van der Waals surface area contributed by atoms with Crippen LogP contribution in [0.15, 0.2) is 59.8 Å². The number of hydrogen-bond acceptors (Lipinski definition) is 8. The zero-order valence-corrected chi connectivity index (χ0v) is 25.1. The van der Waals surface area contributed by atoms with Crippen molar-refractivity contribution in [1.82, 2.24) is 19.4 Å². The number of aromatic nitrogens is 3. The highest BCUT2D eigenvalue weighted by Gasteiger charge is 2.29. The Bertz CT molecular complexity index is 1650. The van der Waals surface area contributed by atoms with Gasteiger partial charge >= 0.3 is 5.97 Å². The molecular formula is C30H32Cl2N6O4. The summed E-state index contributed by atoms with van der Waals surface area (Å²) in [5, 5.41) is 10.9. The molecule has 2 aliphatic heterocycles. The number of ether oxygens (including phenoxy) is 1. The van der Waals surface area contributed by atoms with Crippen LogP contribution in [0.5, 0.6) is 5.88 Å². The highest BCUT2D eigenvalue weighted by atomic mass is 35.5. The summed E-state index contributed by atoms with van der Waals surface area (Å²) in [6, 6.07) is 11.3. The average Bonchev–Trinajstić information content (AvgIpc) is 3.48. The molecule has 220 valence electrons. The molecule has 42 heavy (non-hydrogen) atoms. The molecule has 0 bridgehead atoms. The Kier molecular flexibility index (Phi) is 8.86. The summed E-state index contributed by atoms with van der Waals surface area (Å²) in [5.41, 5.74) is 1.32. The van der Waals surface area contributed by atoms with Gasteiger partial charge in [0.05, 0.1) is 35.2 Å². The molecule has 3 aromatic heterocycles. The van der Waals surface area contributed by atoms with Gasteiger partial charge in [-0.05, 0) is 63.3 Å². The maximum absolute atomic E-state index is 12.9. The van der Waals surface area contributed by atoms with Crippen LogP contribution in [0.4, 0.5) is 11.5 Å². The minimum atomic E-state index is -1.27. The number of benzene rings is 1. The molecule has 1 aromatic carbocycles. The second-order valence-electron chi connectivity index (χ2n) is 10.5. The second-order valence-corrected chi connectivity index (χ2v) is 11.3. The van der Waals surface area contributed by atoms with Crippen LogP contribution in [0.2, 0.25) is 10.0 Å². The SMILES string of the molecule is CN(C)C1CN(c2ccc(-n3cc(C(=O)O)c(=O)c4cc(Cl)c(N5CCCC5)cc43)cn2)C1.COc1ncccc1Cl. The molecule has 0 unspecified atom stereocenters. The van der Waals surface area contributed by atoms with Gasteiger partial charge in [0.1, 0.15) is 16.4 Å². The van der Waals surface area contributed by atoms with E-state index in [0.29, 0.717) is 33.2 Å². The lowest BCUT2D eigenvalue weighted by molar-refractivity contribution is 0.0695. The van der Waals surface area contributed by atoms with Crippen LogP contribution in [-0.2, 0) is 0 Å². The van der Waals surface area contributed by atoms with Gasteiger partial charge in [0.25, 0.3) is 0 Å². The van der Waals surface area contributed by atoms with Gasteiger partial charge < -0.3 is 29.1 Å². The van der Waals surface area contributed by atoms with Crippen LogP contribution in [0.3, 0.4) is 0 Å². The van der Waals surface area contributed by atoms with Crippen molar-refractivity contribution >= 4 is 51.6 Å². The van der Waals surface area contributed by atoms with E-state index in [4.69, 9.17) is 27.9 Å². The first-order valence-corrected chi connectivity index (χ1v) is 14.3. The first kappa shape index (κ1) is 29.6. The van der Waals surface area contributed by atoms with E-state index in [9.17, 15) is 14.7 Å². The Morgan fingerprint density at radius 3 is 2.36 bits per heavy atom. The van der Waals surface area contributed by atoms with Gasteiger partial charge in [-0.25, -0.2) is 14.8 Å². The molecule has 0 amide bonds. The standard InChI is InChI=1S/C24H26ClN5O3.C6H6ClNO/c1-27(2)16-12-29(13-16)22-6-5-15(11-26-22)30-14-18(24(32)33)23(31)17-9-19(25)21(10-20(17)30)28-7-3-4-8-28;1-9-6-5(7)3-2-4-8-6/h5-6,9-11,14,16H,3-4,7-8,12-13H2,1-2H3,(H,32,33);2-4H,1H3. The number of pyridine rings is 3. The summed E-state index contributed by atoms with van der Waals surface area (Å²) < 4.78 is 6.53. The Labute approximate surface area is 253 Å². The van der Waals surface area contributed by atoms with Gasteiger partial charge in [0.15, 0.2) is 0 Å². The van der Waals surface area contributed by atoms with E-state index >= 15 is 0 Å². The number of rotatable bonds is 6. The number of hydrogen-bond donors (Lipinski definition) is 1. The summed E-state index contributed by atoms with van der Waals surface area (Å²) in [7, 11) is 5.68. The molecule has 0 radical (unpaired) electrons. The lowest BCUT2D eigenvalue weighted by atomic mass is 10.1. The van der Waals surface area contributed by atoms with Crippen LogP contribution in [0.1, 0.15) is 23.2 Å². The number of fused-ring (bicyclic) bond motifs is 1. The summed E-state index contributed by atoms with van der Waals surface area (Å²) >= 11 is 12.2. The number of carboxylic acids is 1. The summed E-state index contributed by atoms with van der Waals surface area (Å²) in [4.78, 5) is 39.8. The third kappa shape index (κ3) is 6.01. The third-order valence-corrected chi connectivity index (χ3v) is 8.18. The lowest BCUT2D eigenvalue weighted by Crippen LogP contribution is -2.57. The van der Waals surface area contributed by atoms with E-state index in [1.165, 1.54) is 13.3 Å². The monoisotopic (exact) mass is 610 g/mol. The Morgan fingerprint density at radius 1 is 1.05 bits per heavy atom. The zero-order valence-electron chi connectivity index (χ0n) is 23.6. The summed E-state index contributed by atoms with van der Waals surface area (Å²) in [6.07, 6.45) is 6.92. The maximum atomic E-state index is 12.9. The Hall–Kier alpha value is -3.86. The fourth-order valence-corrected chi connectivity index (χ4v) is 5.58. The second kappa shape index (κ2) is 12.6. The molecule has 2 fully saturated rings. The first-order valence-electron chi connectivity index (χ1n) is 13.6. The van der Waals surface area contributed by atoms with Crippen molar-refractivity contribution < 1.29 is 14.6 Å². The molecule has 0 spiro atoms. The summed E-state index contributed by atoms with van der Waals surface area (Å²) in [5.74, 6) is 0.0795. The summed E-state index contributed by atoms with van der Waals surface area (Å²) in [6.45, 7) is 3.65. The van der Waals surface area contributed by atoms with Gasteiger partial charge in [-0.15, -0.1) is 0 Å². The highest BCUT2D eigenvalue weighted by Crippen LogP contribution is 2.33. The molecule has 0 atom stereocenters. The Balaban J connectivity index is 0.000000336.